The molecule has 1 N–H and O–H groups in total. The number of hydrogen-bond donors (Lipinski definition) is 1. The molecule has 5 rings (SSSR count). The quantitative estimate of drug-likeness (QED) is 0.291. The molecule has 0 atom stereocenters. The lowest BCUT2D eigenvalue weighted by molar-refractivity contribution is 0.104. The zero-order chi connectivity index (χ0) is 22.2. The van der Waals surface area contributed by atoms with Crippen molar-refractivity contribution in [1.82, 2.24) is 14.5 Å². The molecule has 0 fully saturated rings. The van der Waals surface area contributed by atoms with Gasteiger partial charge in [-0.25, -0.2) is 4.98 Å². The number of halogens is 1. The molecule has 0 saturated carbocycles. The Kier molecular flexibility index (Phi) is 4.96. The molecule has 0 unspecified atom stereocenters. The van der Waals surface area contributed by atoms with Gasteiger partial charge < -0.3 is 9.55 Å². The highest BCUT2D eigenvalue weighted by Gasteiger charge is 2.19. The Morgan fingerprint density at radius 1 is 1.03 bits per heavy atom. The second-order valence-corrected chi connectivity index (χ2v) is 7.91. The van der Waals surface area contributed by atoms with Crippen LogP contribution >= 0.6 is 11.6 Å². The number of H-pyrrole nitrogens is 1. The molecule has 2 heterocycles. The molecule has 32 heavy (non-hydrogen) atoms. The minimum absolute atomic E-state index is 0.0704. The molecule has 5 aromatic rings. The lowest BCUT2D eigenvalue weighted by Crippen LogP contribution is -2.18. The van der Waals surface area contributed by atoms with Crippen molar-refractivity contribution in [3.8, 4) is 11.1 Å². The SMILES string of the molecule is Cn1c(C=CC(=O)c2c(-c3ccccc3)c3cc(Cl)ccc3[nH]c2=O)nc2ccccc21. The van der Waals surface area contributed by atoms with Crippen LogP contribution in [0.2, 0.25) is 5.02 Å². The van der Waals surface area contributed by atoms with Gasteiger partial charge in [0.05, 0.1) is 16.6 Å². The van der Waals surface area contributed by atoms with Crippen molar-refractivity contribution in [3.05, 3.63) is 106 Å². The van der Waals surface area contributed by atoms with Crippen molar-refractivity contribution in [1.29, 1.82) is 0 Å². The van der Waals surface area contributed by atoms with Gasteiger partial charge in [0.15, 0.2) is 5.78 Å². The highest BCUT2D eigenvalue weighted by molar-refractivity contribution is 6.31. The third-order valence-electron chi connectivity index (χ3n) is 5.49. The van der Waals surface area contributed by atoms with Gasteiger partial charge in [-0.2, -0.15) is 0 Å². The molecule has 6 heteroatoms. The number of nitrogens with one attached hydrogen (secondary N) is 1. The topological polar surface area (TPSA) is 67.8 Å². The van der Waals surface area contributed by atoms with Gasteiger partial charge in [-0.05, 0) is 48.0 Å². The Morgan fingerprint density at radius 3 is 2.56 bits per heavy atom. The maximum Gasteiger partial charge on any atom is 0.260 e. The van der Waals surface area contributed by atoms with E-state index in [4.69, 9.17) is 11.6 Å². The van der Waals surface area contributed by atoms with Crippen molar-refractivity contribution < 1.29 is 4.79 Å². The largest absolute Gasteiger partial charge is 0.328 e. The number of rotatable bonds is 4. The summed E-state index contributed by atoms with van der Waals surface area (Å²) in [5.74, 6) is 0.222. The number of ketones is 1. The maximum absolute atomic E-state index is 13.3. The van der Waals surface area contributed by atoms with Crippen LogP contribution in [0.15, 0.2) is 83.7 Å². The van der Waals surface area contributed by atoms with Crippen LogP contribution in [0, 0.1) is 0 Å². The molecule has 0 radical (unpaired) electrons. The van der Waals surface area contributed by atoms with Crippen LogP contribution in [0.25, 0.3) is 39.1 Å². The summed E-state index contributed by atoms with van der Waals surface area (Å²) in [6.45, 7) is 0. The van der Waals surface area contributed by atoms with Crippen molar-refractivity contribution in [2.24, 2.45) is 7.05 Å². The molecule has 0 bridgehead atoms. The molecule has 0 aliphatic heterocycles. The summed E-state index contributed by atoms with van der Waals surface area (Å²) < 4.78 is 1.90. The van der Waals surface area contributed by atoms with E-state index in [1.807, 2.05) is 66.2 Å². The number of aromatic amines is 1. The first kappa shape index (κ1) is 20.0. The molecular weight excluding hydrogens is 422 g/mol. The number of nitrogens with zero attached hydrogens (tertiary/aromatic N) is 2. The van der Waals surface area contributed by atoms with Gasteiger partial charge in [0.25, 0.3) is 5.56 Å². The van der Waals surface area contributed by atoms with Gasteiger partial charge in [0.2, 0.25) is 0 Å². The van der Waals surface area contributed by atoms with E-state index in [0.29, 0.717) is 27.3 Å². The van der Waals surface area contributed by atoms with Crippen LogP contribution in [0.3, 0.4) is 0 Å². The Hall–Kier alpha value is -3.96. The lowest BCUT2D eigenvalue weighted by Gasteiger charge is -2.11. The molecular formula is C26H18ClN3O2. The van der Waals surface area contributed by atoms with Crippen molar-refractivity contribution >= 4 is 45.4 Å². The van der Waals surface area contributed by atoms with Crippen LogP contribution in [0.5, 0.6) is 0 Å². The molecule has 5 nitrogen and oxygen atoms in total. The predicted molar refractivity (Wildman–Crippen MR) is 129 cm³/mol. The molecule has 0 amide bonds. The van der Waals surface area contributed by atoms with E-state index >= 15 is 0 Å². The average molecular weight is 440 g/mol. The Labute approximate surface area is 188 Å². The monoisotopic (exact) mass is 439 g/mol. The molecule has 156 valence electrons. The lowest BCUT2D eigenvalue weighted by atomic mass is 9.94. The predicted octanol–water partition coefficient (Wildman–Crippen LogP) is 5.63. The smallest absolute Gasteiger partial charge is 0.260 e. The Balaban J connectivity index is 1.68. The van der Waals surface area contributed by atoms with Gasteiger partial charge in [0, 0.05) is 28.5 Å². The average Bonchev–Trinajstić information content (AvgIpc) is 3.13. The summed E-state index contributed by atoms with van der Waals surface area (Å²) >= 11 is 6.25. The van der Waals surface area contributed by atoms with E-state index < -0.39 is 11.3 Å². The van der Waals surface area contributed by atoms with Crippen LogP contribution in [-0.2, 0) is 7.05 Å². The Bertz CT molecular complexity index is 1580. The van der Waals surface area contributed by atoms with E-state index in [-0.39, 0.29) is 5.56 Å². The van der Waals surface area contributed by atoms with Gasteiger partial charge in [-0.15, -0.1) is 0 Å². The number of para-hydroxylation sites is 2. The van der Waals surface area contributed by atoms with E-state index in [9.17, 15) is 9.59 Å². The van der Waals surface area contributed by atoms with E-state index in [0.717, 1.165) is 16.6 Å². The Morgan fingerprint density at radius 2 is 1.78 bits per heavy atom. The van der Waals surface area contributed by atoms with Gasteiger partial charge in [-0.3, -0.25) is 9.59 Å². The molecule has 0 spiro atoms. The second-order valence-electron chi connectivity index (χ2n) is 7.48. The minimum atomic E-state index is -0.446. The summed E-state index contributed by atoms with van der Waals surface area (Å²) in [5, 5.41) is 1.23. The van der Waals surface area contributed by atoms with E-state index in [1.54, 1.807) is 24.3 Å². The van der Waals surface area contributed by atoms with Crippen LogP contribution in [-0.4, -0.2) is 20.3 Å². The minimum Gasteiger partial charge on any atom is -0.328 e. The number of hydrogen-bond acceptors (Lipinski definition) is 3. The number of pyridine rings is 1. The molecule has 0 saturated heterocycles. The van der Waals surface area contributed by atoms with Gasteiger partial charge >= 0.3 is 0 Å². The first-order valence-electron chi connectivity index (χ1n) is 10.1. The number of aryl methyl sites for hydroxylation is 1. The number of imidazole rings is 1. The van der Waals surface area contributed by atoms with Crippen LogP contribution < -0.4 is 5.56 Å². The number of carbonyl (C=O) groups excluding carboxylic acids is 1. The fourth-order valence-electron chi connectivity index (χ4n) is 3.95. The summed E-state index contributed by atoms with van der Waals surface area (Å²) in [4.78, 5) is 33.7. The molecule has 3 aromatic carbocycles. The highest BCUT2D eigenvalue weighted by Crippen LogP contribution is 2.31. The van der Waals surface area contributed by atoms with Crippen LogP contribution in [0.4, 0.5) is 0 Å². The summed E-state index contributed by atoms with van der Waals surface area (Å²) in [6, 6.07) is 22.3. The normalized spacial score (nSPS) is 11.6. The fourth-order valence-corrected chi connectivity index (χ4v) is 4.12. The van der Waals surface area contributed by atoms with E-state index in [1.165, 1.54) is 6.08 Å². The number of carbonyl (C=O) groups is 1. The number of aromatic nitrogens is 3. The fraction of sp³-hybridized carbons (Fsp3) is 0.0385. The highest BCUT2D eigenvalue weighted by atomic mass is 35.5. The zero-order valence-electron chi connectivity index (χ0n) is 17.2. The standard InChI is InChI=1S/C26H18ClN3O2/c1-30-21-10-6-5-9-20(21)28-23(30)14-13-22(31)25-24(16-7-3-2-4-8-16)18-15-17(27)11-12-19(18)29-26(25)32/h2-15H,1H3,(H,29,32). The zero-order valence-corrected chi connectivity index (χ0v) is 17.9. The van der Waals surface area contributed by atoms with Crippen molar-refractivity contribution in [3.63, 3.8) is 0 Å². The molecule has 0 aliphatic carbocycles. The number of allylic oxidation sites excluding steroid dienone is 1. The first-order valence-corrected chi connectivity index (χ1v) is 10.5. The third kappa shape index (κ3) is 3.43. The number of benzene rings is 3. The second kappa shape index (κ2) is 7.94. The van der Waals surface area contributed by atoms with Crippen molar-refractivity contribution in [2.45, 2.75) is 0 Å². The van der Waals surface area contributed by atoms with Gasteiger partial charge in [0.1, 0.15) is 5.82 Å². The summed E-state index contributed by atoms with van der Waals surface area (Å²) in [6.07, 6.45) is 3.04. The van der Waals surface area contributed by atoms with Crippen molar-refractivity contribution in [2.75, 3.05) is 0 Å². The molecule has 0 aliphatic rings. The van der Waals surface area contributed by atoms with E-state index in [2.05, 4.69) is 9.97 Å². The third-order valence-corrected chi connectivity index (χ3v) is 5.73. The van der Waals surface area contributed by atoms with Crippen LogP contribution in [0.1, 0.15) is 16.2 Å². The maximum atomic E-state index is 13.3. The number of fused-ring (bicyclic) bond motifs is 2. The van der Waals surface area contributed by atoms with Gasteiger partial charge in [-0.1, -0.05) is 54.1 Å². The summed E-state index contributed by atoms with van der Waals surface area (Å²) in [7, 11) is 1.89. The first-order chi connectivity index (χ1) is 15.5. The molecule has 2 aromatic heterocycles. The summed E-state index contributed by atoms with van der Waals surface area (Å²) in [5.41, 5.74) is 3.37.